The highest BCUT2D eigenvalue weighted by Crippen LogP contribution is 2.41. The first-order valence-corrected chi connectivity index (χ1v) is 8.43. The van der Waals surface area contributed by atoms with Gasteiger partial charge in [-0.25, -0.2) is 0 Å². The third kappa shape index (κ3) is 3.14. The molecule has 1 aromatic heterocycles. The summed E-state index contributed by atoms with van der Waals surface area (Å²) in [5, 5.41) is 7.61. The van der Waals surface area contributed by atoms with Gasteiger partial charge in [0.05, 0.1) is 0 Å². The third-order valence-corrected chi connectivity index (χ3v) is 5.41. The van der Waals surface area contributed by atoms with Gasteiger partial charge in [0, 0.05) is 30.5 Å². The Hall–Kier alpha value is -0.940. The number of fused-ring (bicyclic) bond motifs is 2. The van der Waals surface area contributed by atoms with E-state index in [0.717, 1.165) is 36.6 Å². The molecule has 0 aliphatic carbocycles. The van der Waals surface area contributed by atoms with Crippen molar-refractivity contribution < 1.29 is 4.52 Å². The highest BCUT2D eigenvalue weighted by molar-refractivity contribution is 5.05. The van der Waals surface area contributed by atoms with Crippen LogP contribution in [-0.2, 0) is 6.42 Å². The van der Waals surface area contributed by atoms with Crippen LogP contribution in [0.3, 0.4) is 0 Å². The zero-order valence-corrected chi connectivity index (χ0v) is 13.5. The zero-order valence-electron chi connectivity index (χ0n) is 13.5. The number of piperidine rings is 1. The fraction of sp³-hybridized carbons (Fsp3) is 0.875. The van der Waals surface area contributed by atoms with Gasteiger partial charge in [-0.2, -0.15) is 4.98 Å². The van der Waals surface area contributed by atoms with E-state index in [1.165, 1.54) is 32.1 Å². The third-order valence-electron chi connectivity index (χ3n) is 5.41. The number of hydrogen-bond acceptors (Lipinski definition) is 5. The molecule has 2 fully saturated rings. The average molecular weight is 292 g/mol. The molecule has 0 radical (unpaired) electrons. The van der Waals surface area contributed by atoms with Crippen LogP contribution in [0, 0.1) is 0 Å². The molecule has 0 amide bonds. The number of nitrogens with one attached hydrogen (secondary N) is 1. The van der Waals surface area contributed by atoms with Gasteiger partial charge in [-0.15, -0.1) is 0 Å². The summed E-state index contributed by atoms with van der Waals surface area (Å²) in [4.78, 5) is 7.24. The summed E-state index contributed by atoms with van der Waals surface area (Å²) in [5.41, 5.74) is 0. The molecule has 5 heteroatoms. The predicted octanol–water partition coefficient (Wildman–Crippen LogP) is 2.34. The minimum Gasteiger partial charge on any atom is -0.339 e. The quantitative estimate of drug-likeness (QED) is 0.872. The van der Waals surface area contributed by atoms with Crippen LogP contribution in [-0.4, -0.2) is 47.3 Å². The molecule has 0 saturated carbocycles. The molecule has 0 spiro atoms. The van der Waals surface area contributed by atoms with Gasteiger partial charge in [0.1, 0.15) is 0 Å². The Bertz CT molecular complexity index is 447. The normalized spacial score (nSPS) is 30.7. The Labute approximate surface area is 127 Å². The summed E-state index contributed by atoms with van der Waals surface area (Å²) in [5.74, 6) is 2.24. The highest BCUT2D eigenvalue weighted by Gasteiger charge is 2.40. The molecule has 3 unspecified atom stereocenters. The van der Waals surface area contributed by atoms with E-state index in [2.05, 4.69) is 34.3 Å². The van der Waals surface area contributed by atoms with Gasteiger partial charge in [-0.05, 0) is 46.2 Å². The Morgan fingerprint density at radius 3 is 2.67 bits per heavy atom. The van der Waals surface area contributed by atoms with Crippen molar-refractivity contribution in [2.75, 3.05) is 14.1 Å². The van der Waals surface area contributed by atoms with E-state index in [1.54, 1.807) is 0 Å². The van der Waals surface area contributed by atoms with Gasteiger partial charge in [-0.3, -0.25) is 0 Å². The largest absolute Gasteiger partial charge is 0.339 e. The smallest absolute Gasteiger partial charge is 0.228 e. The van der Waals surface area contributed by atoms with Gasteiger partial charge >= 0.3 is 0 Å². The molecule has 2 saturated heterocycles. The molecule has 1 N–H and O–H groups in total. The van der Waals surface area contributed by atoms with Crippen molar-refractivity contribution in [3.05, 3.63) is 11.7 Å². The maximum absolute atomic E-state index is 5.50. The lowest BCUT2D eigenvalue weighted by Crippen LogP contribution is -2.39. The van der Waals surface area contributed by atoms with Crippen LogP contribution < -0.4 is 5.32 Å². The fourth-order valence-corrected chi connectivity index (χ4v) is 4.05. The summed E-state index contributed by atoms with van der Waals surface area (Å²) in [7, 11) is 4.27. The van der Waals surface area contributed by atoms with E-state index in [1.807, 2.05) is 7.05 Å². The molecular formula is C16H28N4O. The summed E-state index contributed by atoms with van der Waals surface area (Å²) in [6, 6.07) is 1.89. The molecule has 2 aliphatic rings. The van der Waals surface area contributed by atoms with Crippen LogP contribution in [0.15, 0.2) is 4.52 Å². The van der Waals surface area contributed by atoms with E-state index >= 15 is 0 Å². The molecule has 5 nitrogen and oxygen atoms in total. The second-order valence-corrected chi connectivity index (χ2v) is 6.74. The second-order valence-electron chi connectivity index (χ2n) is 6.74. The molecule has 1 aromatic rings. The minimum absolute atomic E-state index is 0.442. The van der Waals surface area contributed by atoms with Crippen LogP contribution in [0.5, 0.6) is 0 Å². The van der Waals surface area contributed by atoms with Gasteiger partial charge in [0.2, 0.25) is 5.89 Å². The molecular weight excluding hydrogens is 264 g/mol. The zero-order chi connectivity index (χ0) is 14.8. The minimum atomic E-state index is 0.442. The van der Waals surface area contributed by atoms with Crippen LogP contribution in [0.25, 0.3) is 0 Å². The molecule has 2 bridgehead atoms. The Morgan fingerprint density at radius 2 is 2.05 bits per heavy atom. The average Bonchev–Trinajstić information content (AvgIpc) is 3.00. The van der Waals surface area contributed by atoms with Gasteiger partial charge < -0.3 is 14.7 Å². The van der Waals surface area contributed by atoms with Crippen molar-refractivity contribution in [1.29, 1.82) is 0 Å². The first-order chi connectivity index (χ1) is 10.2. The van der Waals surface area contributed by atoms with E-state index < -0.39 is 0 Å². The molecule has 3 atom stereocenters. The topological polar surface area (TPSA) is 54.2 Å². The molecule has 118 valence electrons. The molecule has 2 aliphatic heterocycles. The maximum atomic E-state index is 5.50. The van der Waals surface area contributed by atoms with Crippen LogP contribution in [0.2, 0.25) is 0 Å². The summed E-state index contributed by atoms with van der Waals surface area (Å²) in [6.07, 6.45) is 8.21. The van der Waals surface area contributed by atoms with Crippen LogP contribution in [0.4, 0.5) is 0 Å². The van der Waals surface area contributed by atoms with E-state index in [9.17, 15) is 0 Å². The number of nitrogens with zero attached hydrogens (tertiary/aromatic N) is 3. The SMILES string of the molecule is CCCC(Cc1nc(C2CC3CCC(C2)N3C)no1)NC. The lowest BCUT2D eigenvalue weighted by Gasteiger charge is -2.34. The molecule has 0 aromatic carbocycles. The van der Waals surface area contributed by atoms with Gasteiger partial charge in [0.25, 0.3) is 0 Å². The Kier molecular flexibility index (Phi) is 4.60. The van der Waals surface area contributed by atoms with E-state index in [4.69, 9.17) is 4.52 Å². The fourth-order valence-electron chi connectivity index (χ4n) is 4.05. The number of rotatable bonds is 6. The molecule has 21 heavy (non-hydrogen) atoms. The first kappa shape index (κ1) is 15.0. The first-order valence-electron chi connectivity index (χ1n) is 8.43. The van der Waals surface area contributed by atoms with Crippen LogP contribution in [0.1, 0.15) is 63.1 Å². The Balaban J connectivity index is 1.63. The lowest BCUT2D eigenvalue weighted by molar-refractivity contribution is 0.157. The summed E-state index contributed by atoms with van der Waals surface area (Å²) < 4.78 is 5.50. The Morgan fingerprint density at radius 1 is 1.33 bits per heavy atom. The van der Waals surface area contributed by atoms with Gasteiger partial charge in [-0.1, -0.05) is 18.5 Å². The van der Waals surface area contributed by atoms with E-state index in [-0.39, 0.29) is 0 Å². The predicted molar refractivity (Wildman–Crippen MR) is 82.3 cm³/mol. The molecule has 3 heterocycles. The monoisotopic (exact) mass is 292 g/mol. The maximum Gasteiger partial charge on any atom is 0.228 e. The highest BCUT2D eigenvalue weighted by atomic mass is 16.5. The van der Waals surface area contributed by atoms with Crippen molar-refractivity contribution in [1.82, 2.24) is 20.4 Å². The number of likely N-dealkylation sites (N-methyl/N-ethyl adjacent to an activating group) is 1. The van der Waals surface area contributed by atoms with Crippen molar-refractivity contribution >= 4 is 0 Å². The summed E-state index contributed by atoms with van der Waals surface area (Å²) >= 11 is 0. The van der Waals surface area contributed by atoms with Crippen molar-refractivity contribution in [2.45, 2.75) is 75.9 Å². The standard InChI is InChI=1S/C16H28N4O/c1-4-5-12(17-2)10-15-18-16(19-21-15)11-8-13-6-7-14(9-11)20(13)3/h11-14,17H,4-10H2,1-3H3. The van der Waals surface area contributed by atoms with Crippen molar-refractivity contribution in [2.24, 2.45) is 0 Å². The van der Waals surface area contributed by atoms with Crippen molar-refractivity contribution in [3.8, 4) is 0 Å². The second kappa shape index (κ2) is 6.44. The van der Waals surface area contributed by atoms with Crippen molar-refractivity contribution in [3.63, 3.8) is 0 Å². The van der Waals surface area contributed by atoms with E-state index in [0.29, 0.717) is 12.0 Å². The lowest BCUT2D eigenvalue weighted by atomic mass is 9.90. The number of aromatic nitrogens is 2. The van der Waals surface area contributed by atoms with Gasteiger partial charge in [0.15, 0.2) is 5.82 Å². The van der Waals surface area contributed by atoms with Crippen LogP contribution >= 0.6 is 0 Å². The molecule has 3 rings (SSSR count). The summed E-state index contributed by atoms with van der Waals surface area (Å²) in [6.45, 7) is 2.21. The number of hydrogen-bond donors (Lipinski definition) is 1.